The predicted molar refractivity (Wildman–Crippen MR) is 67.1 cm³/mol. The summed E-state index contributed by atoms with van der Waals surface area (Å²) >= 11 is 0. The molecule has 94 valence electrons. The molecule has 0 aromatic rings. The van der Waals surface area contributed by atoms with Gasteiger partial charge in [0.05, 0.1) is 5.41 Å². The Hall–Kier alpha value is -0.570. The van der Waals surface area contributed by atoms with Gasteiger partial charge in [-0.15, -0.1) is 0 Å². The molecule has 0 atom stereocenters. The molecule has 0 heterocycles. The standard InChI is InChI=1S/C13H26N2O/c1-4-9-15(11(2)3)12(16)13(10-14)7-5-6-8-13/h11H,4-10,14H2,1-3H3. The number of hydrogen-bond donors (Lipinski definition) is 1. The van der Waals surface area contributed by atoms with E-state index in [0.717, 1.165) is 38.6 Å². The van der Waals surface area contributed by atoms with Crippen LogP contribution in [0.3, 0.4) is 0 Å². The molecule has 0 aromatic carbocycles. The van der Waals surface area contributed by atoms with Gasteiger partial charge in [-0.25, -0.2) is 0 Å². The van der Waals surface area contributed by atoms with Crippen molar-refractivity contribution in [3.8, 4) is 0 Å². The summed E-state index contributed by atoms with van der Waals surface area (Å²) in [5, 5.41) is 0. The lowest BCUT2D eigenvalue weighted by atomic mass is 9.84. The molecule has 1 aliphatic rings. The highest BCUT2D eigenvalue weighted by Crippen LogP contribution is 2.39. The first-order valence-corrected chi connectivity index (χ1v) is 6.58. The summed E-state index contributed by atoms with van der Waals surface area (Å²) < 4.78 is 0. The molecule has 1 fully saturated rings. The lowest BCUT2D eigenvalue weighted by Crippen LogP contribution is -2.49. The molecule has 0 aliphatic heterocycles. The molecule has 1 rings (SSSR count). The first kappa shape index (κ1) is 13.5. The number of amides is 1. The normalized spacial score (nSPS) is 19.1. The van der Waals surface area contributed by atoms with Gasteiger partial charge in [0.1, 0.15) is 0 Å². The fourth-order valence-electron chi connectivity index (χ4n) is 2.70. The van der Waals surface area contributed by atoms with Gasteiger partial charge in [0.2, 0.25) is 5.91 Å². The van der Waals surface area contributed by atoms with E-state index in [4.69, 9.17) is 5.73 Å². The van der Waals surface area contributed by atoms with Crippen LogP contribution < -0.4 is 5.73 Å². The van der Waals surface area contributed by atoms with Gasteiger partial charge in [0, 0.05) is 19.1 Å². The van der Waals surface area contributed by atoms with E-state index in [2.05, 4.69) is 20.8 Å². The molecule has 0 radical (unpaired) electrons. The number of nitrogens with zero attached hydrogens (tertiary/aromatic N) is 1. The van der Waals surface area contributed by atoms with Crippen LogP contribution in [0.15, 0.2) is 0 Å². The minimum absolute atomic E-state index is 0.237. The number of hydrogen-bond acceptors (Lipinski definition) is 2. The van der Waals surface area contributed by atoms with Gasteiger partial charge in [-0.2, -0.15) is 0 Å². The molecule has 3 heteroatoms. The zero-order chi connectivity index (χ0) is 12.2. The molecule has 0 bridgehead atoms. The number of nitrogens with two attached hydrogens (primary N) is 1. The SMILES string of the molecule is CCCN(C(=O)C1(CN)CCCC1)C(C)C. The van der Waals surface area contributed by atoms with Crippen LogP contribution in [-0.4, -0.2) is 29.9 Å². The summed E-state index contributed by atoms with van der Waals surface area (Å²) in [7, 11) is 0. The van der Waals surface area contributed by atoms with E-state index in [-0.39, 0.29) is 11.5 Å². The first-order valence-electron chi connectivity index (χ1n) is 6.58. The molecule has 0 saturated heterocycles. The van der Waals surface area contributed by atoms with Crippen LogP contribution in [0, 0.1) is 5.41 Å². The molecule has 1 aliphatic carbocycles. The van der Waals surface area contributed by atoms with Crippen LogP contribution in [0.4, 0.5) is 0 Å². The highest BCUT2D eigenvalue weighted by molar-refractivity contribution is 5.83. The van der Waals surface area contributed by atoms with Gasteiger partial charge in [-0.1, -0.05) is 19.8 Å². The lowest BCUT2D eigenvalue weighted by molar-refractivity contribution is -0.143. The molecular formula is C13H26N2O. The van der Waals surface area contributed by atoms with E-state index < -0.39 is 0 Å². The third-order valence-electron chi connectivity index (χ3n) is 3.75. The van der Waals surface area contributed by atoms with Crippen LogP contribution >= 0.6 is 0 Å². The van der Waals surface area contributed by atoms with Crippen molar-refractivity contribution >= 4 is 5.91 Å². The molecule has 1 saturated carbocycles. The topological polar surface area (TPSA) is 46.3 Å². The maximum absolute atomic E-state index is 12.6. The van der Waals surface area contributed by atoms with Gasteiger partial charge in [0.15, 0.2) is 0 Å². The second-order valence-corrected chi connectivity index (χ2v) is 5.28. The minimum atomic E-state index is -0.237. The van der Waals surface area contributed by atoms with Crippen LogP contribution in [0.5, 0.6) is 0 Å². The molecule has 16 heavy (non-hydrogen) atoms. The van der Waals surface area contributed by atoms with Gasteiger partial charge < -0.3 is 10.6 Å². The molecule has 2 N–H and O–H groups in total. The van der Waals surface area contributed by atoms with Crippen molar-refractivity contribution < 1.29 is 4.79 Å². The van der Waals surface area contributed by atoms with E-state index >= 15 is 0 Å². The van der Waals surface area contributed by atoms with Crippen LogP contribution in [0.2, 0.25) is 0 Å². The molecule has 0 spiro atoms. The Labute approximate surface area is 99.4 Å². The fraction of sp³-hybridized carbons (Fsp3) is 0.923. The lowest BCUT2D eigenvalue weighted by Gasteiger charge is -2.36. The highest BCUT2D eigenvalue weighted by Gasteiger charge is 2.42. The van der Waals surface area contributed by atoms with Crippen molar-refractivity contribution in [2.75, 3.05) is 13.1 Å². The van der Waals surface area contributed by atoms with Crippen molar-refractivity contribution in [2.24, 2.45) is 11.1 Å². The maximum Gasteiger partial charge on any atom is 0.230 e. The minimum Gasteiger partial charge on any atom is -0.340 e. The Morgan fingerprint density at radius 2 is 1.94 bits per heavy atom. The average molecular weight is 226 g/mol. The quantitative estimate of drug-likeness (QED) is 0.781. The molecule has 0 unspecified atom stereocenters. The first-order chi connectivity index (χ1) is 7.57. The van der Waals surface area contributed by atoms with Gasteiger partial charge >= 0.3 is 0 Å². The van der Waals surface area contributed by atoms with Crippen molar-refractivity contribution in [3.63, 3.8) is 0 Å². The Morgan fingerprint density at radius 1 is 1.38 bits per heavy atom. The molecule has 0 aromatic heterocycles. The summed E-state index contributed by atoms with van der Waals surface area (Å²) in [5.74, 6) is 0.296. The second-order valence-electron chi connectivity index (χ2n) is 5.28. The Bertz CT molecular complexity index is 232. The Balaban J connectivity index is 2.79. The fourth-order valence-corrected chi connectivity index (χ4v) is 2.70. The van der Waals surface area contributed by atoms with E-state index in [9.17, 15) is 4.79 Å². The van der Waals surface area contributed by atoms with E-state index in [1.54, 1.807) is 0 Å². The second kappa shape index (κ2) is 5.67. The van der Waals surface area contributed by atoms with Crippen molar-refractivity contribution in [1.29, 1.82) is 0 Å². The predicted octanol–water partition coefficient (Wildman–Crippen LogP) is 2.15. The van der Waals surface area contributed by atoms with E-state index in [1.807, 2.05) is 4.90 Å². The van der Waals surface area contributed by atoms with Crippen molar-refractivity contribution in [3.05, 3.63) is 0 Å². The summed E-state index contributed by atoms with van der Waals surface area (Å²) in [6, 6.07) is 0.288. The molecule has 3 nitrogen and oxygen atoms in total. The van der Waals surface area contributed by atoms with Gasteiger partial charge in [-0.05, 0) is 33.1 Å². The van der Waals surface area contributed by atoms with Gasteiger partial charge in [-0.3, -0.25) is 4.79 Å². The number of carbonyl (C=O) groups excluding carboxylic acids is 1. The average Bonchev–Trinajstić information content (AvgIpc) is 2.74. The van der Waals surface area contributed by atoms with Gasteiger partial charge in [0.25, 0.3) is 0 Å². The van der Waals surface area contributed by atoms with E-state index in [0.29, 0.717) is 12.5 Å². The van der Waals surface area contributed by atoms with Crippen molar-refractivity contribution in [2.45, 2.75) is 58.9 Å². The third kappa shape index (κ3) is 2.57. The molecular weight excluding hydrogens is 200 g/mol. The summed E-state index contributed by atoms with van der Waals surface area (Å²) in [4.78, 5) is 14.6. The number of carbonyl (C=O) groups is 1. The Kier molecular flexibility index (Phi) is 4.78. The Morgan fingerprint density at radius 3 is 2.31 bits per heavy atom. The van der Waals surface area contributed by atoms with Crippen LogP contribution in [-0.2, 0) is 4.79 Å². The smallest absolute Gasteiger partial charge is 0.230 e. The zero-order valence-electron chi connectivity index (χ0n) is 11.0. The monoisotopic (exact) mass is 226 g/mol. The van der Waals surface area contributed by atoms with E-state index in [1.165, 1.54) is 0 Å². The highest BCUT2D eigenvalue weighted by atomic mass is 16.2. The summed E-state index contributed by atoms with van der Waals surface area (Å²) in [6.45, 7) is 7.67. The summed E-state index contributed by atoms with van der Waals surface area (Å²) in [6.07, 6.45) is 5.29. The number of rotatable bonds is 5. The third-order valence-corrected chi connectivity index (χ3v) is 3.75. The summed E-state index contributed by atoms with van der Waals surface area (Å²) in [5.41, 5.74) is 5.62. The van der Waals surface area contributed by atoms with Crippen LogP contribution in [0.1, 0.15) is 52.9 Å². The maximum atomic E-state index is 12.6. The zero-order valence-corrected chi connectivity index (χ0v) is 11.0. The van der Waals surface area contributed by atoms with Crippen molar-refractivity contribution in [1.82, 2.24) is 4.90 Å². The molecule has 1 amide bonds. The largest absolute Gasteiger partial charge is 0.340 e. The van der Waals surface area contributed by atoms with Crippen LogP contribution in [0.25, 0.3) is 0 Å².